The lowest BCUT2D eigenvalue weighted by Gasteiger charge is -2.23. The van der Waals surface area contributed by atoms with Gasteiger partial charge in [-0.15, -0.1) is 11.8 Å². The van der Waals surface area contributed by atoms with Gasteiger partial charge in [0.2, 0.25) is 5.91 Å². The van der Waals surface area contributed by atoms with E-state index in [0.717, 1.165) is 34.6 Å². The van der Waals surface area contributed by atoms with E-state index in [0.29, 0.717) is 0 Å². The quantitative estimate of drug-likeness (QED) is 0.806. The molecule has 0 spiro atoms. The molecule has 1 amide bonds. The van der Waals surface area contributed by atoms with Crippen LogP contribution in [0.1, 0.15) is 11.1 Å². The van der Waals surface area contributed by atoms with Gasteiger partial charge in [0, 0.05) is 11.4 Å². The minimum atomic E-state index is -0.104. The fourth-order valence-electron chi connectivity index (χ4n) is 2.08. The average molecular weight is 245 g/mol. The van der Waals surface area contributed by atoms with E-state index in [1.54, 1.807) is 24.2 Å². The Labute approximate surface area is 103 Å². The monoisotopic (exact) mass is 245 g/mol. The van der Waals surface area contributed by atoms with Crippen LogP contribution in [0, 0.1) is 0 Å². The standard InChI is InChI=1S/C12H11N3OS/c1-7-6-17-11(12(16)15-7)8-2-9-4-13-14-5-10(9)3-8/h2,4-5,11H,1,3,6H2,(H,15,16). The van der Waals surface area contributed by atoms with Gasteiger partial charge in [-0.25, -0.2) is 0 Å². The number of nitrogens with zero attached hydrogens (tertiary/aromatic N) is 2. The van der Waals surface area contributed by atoms with Gasteiger partial charge < -0.3 is 5.32 Å². The lowest BCUT2D eigenvalue weighted by molar-refractivity contribution is -0.119. The molecule has 1 aromatic rings. The molecule has 0 radical (unpaired) electrons. The lowest BCUT2D eigenvalue weighted by atomic mass is 10.1. The number of carbonyl (C=O) groups is 1. The maximum Gasteiger partial charge on any atom is 0.241 e. The van der Waals surface area contributed by atoms with Crippen molar-refractivity contribution in [2.75, 3.05) is 5.75 Å². The highest BCUT2D eigenvalue weighted by Crippen LogP contribution is 2.33. The van der Waals surface area contributed by atoms with Crippen molar-refractivity contribution >= 4 is 23.7 Å². The third-order valence-electron chi connectivity index (χ3n) is 2.88. The maximum absolute atomic E-state index is 11.9. The Morgan fingerprint density at radius 1 is 1.41 bits per heavy atom. The molecule has 1 N–H and O–H groups in total. The number of carbonyl (C=O) groups excluding carboxylic acids is 1. The molecule has 0 aromatic carbocycles. The maximum atomic E-state index is 11.9. The fourth-order valence-corrected chi connectivity index (χ4v) is 3.10. The second-order valence-corrected chi connectivity index (χ2v) is 5.24. The molecule has 3 rings (SSSR count). The summed E-state index contributed by atoms with van der Waals surface area (Å²) in [5.41, 5.74) is 4.14. The lowest BCUT2D eigenvalue weighted by Crippen LogP contribution is -2.38. The number of hydrogen-bond donors (Lipinski definition) is 1. The Kier molecular flexibility index (Phi) is 2.48. The van der Waals surface area contributed by atoms with Gasteiger partial charge in [-0.3, -0.25) is 4.79 Å². The third kappa shape index (κ3) is 1.86. The van der Waals surface area contributed by atoms with Crippen LogP contribution >= 0.6 is 11.8 Å². The van der Waals surface area contributed by atoms with Crippen molar-refractivity contribution in [1.82, 2.24) is 15.5 Å². The number of fused-ring (bicyclic) bond motifs is 1. The van der Waals surface area contributed by atoms with Gasteiger partial charge in [0.05, 0.1) is 12.4 Å². The van der Waals surface area contributed by atoms with E-state index in [1.165, 1.54) is 0 Å². The smallest absolute Gasteiger partial charge is 0.241 e. The zero-order valence-electron chi connectivity index (χ0n) is 9.14. The van der Waals surface area contributed by atoms with Crippen LogP contribution in [0.25, 0.3) is 6.08 Å². The number of nitrogens with one attached hydrogen (secondary N) is 1. The van der Waals surface area contributed by atoms with Gasteiger partial charge in [-0.2, -0.15) is 10.2 Å². The average Bonchev–Trinajstić information content (AvgIpc) is 2.72. The van der Waals surface area contributed by atoms with E-state index in [2.05, 4.69) is 28.2 Å². The van der Waals surface area contributed by atoms with Crippen molar-refractivity contribution in [3.63, 3.8) is 0 Å². The Morgan fingerprint density at radius 2 is 2.24 bits per heavy atom. The van der Waals surface area contributed by atoms with E-state index in [1.807, 2.05) is 0 Å². The first-order valence-corrected chi connectivity index (χ1v) is 6.39. The molecule has 1 saturated heterocycles. The molecule has 1 aliphatic carbocycles. The van der Waals surface area contributed by atoms with E-state index in [-0.39, 0.29) is 11.2 Å². The predicted octanol–water partition coefficient (Wildman–Crippen LogP) is 1.16. The van der Waals surface area contributed by atoms with E-state index in [4.69, 9.17) is 0 Å². The molecule has 86 valence electrons. The molecule has 1 unspecified atom stereocenters. The minimum Gasteiger partial charge on any atom is -0.328 e. The molecule has 5 heteroatoms. The van der Waals surface area contributed by atoms with Crippen molar-refractivity contribution in [3.8, 4) is 0 Å². The fraction of sp³-hybridized carbons (Fsp3) is 0.250. The van der Waals surface area contributed by atoms with Crippen molar-refractivity contribution in [2.24, 2.45) is 0 Å². The Bertz CT molecular complexity index is 538. The van der Waals surface area contributed by atoms with Gasteiger partial charge in [0.15, 0.2) is 0 Å². The molecular weight excluding hydrogens is 234 g/mol. The van der Waals surface area contributed by atoms with E-state index < -0.39 is 0 Å². The first kappa shape index (κ1) is 10.5. The van der Waals surface area contributed by atoms with E-state index >= 15 is 0 Å². The Balaban J connectivity index is 1.84. The second kappa shape index (κ2) is 4.00. The van der Waals surface area contributed by atoms with Crippen molar-refractivity contribution in [1.29, 1.82) is 0 Å². The summed E-state index contributed by atoms with van der Waals surface area (Å²) in [4.78, 5) is 11.9. The molecule has 2 heterocycles. The van der Waals surface area contributed by atoms with Crippen LogP contribution in [0.15, 0.2) is 30.2 Å². The van der Waals surface area contributed by atoms with Crippen LogP contribution in [0.4, 0.5) is 0 Å². The highest BCUT2D eigenvalue weighted by atomic mass is 32.2. The summed E-state index contributed by atoms with van der Waals surface area (Å²) in [5, 5.41) is 10.4. The summed E-state index contributed by atoms with van der Waals surface area (Å²) in [6, 6.07) is 0. The molecule has 1 aromatic heterocycles. The van der Waals surface area contributed by atoms with Crippen LogP contribution in [-0.2, 0) is 11.2 Å². The highest BCUT2D eigenvalue weighted by Gasteiger charge is 2.30. The molecule has 0 bridgehead atoms. The van der Waals surface area contributed by atoms with Crippen molar-refractivity contribution < 1.29 is 4.79 Å². The Morgan fingerprint density at radius 3 is 3.00 bits per heavy atom. The summed E-state index contributed by atoms with van der Waals surface area (Å²) in [6.45, 7) is 3.77. The van der Waals surface area contributed by atoms with Gasteiger partial charge in [0.25, 0.3) is 0 Å². The van der Waals surface area contributed by atoms with Crippen LogP contribution in [0.2, 0.25) is 0 Å². The summed E-state index contributed by atoms with van der Waals surface area (Å²) < 4.78 is 0. The zero-order valence-corrected chi connectivity index (χ0v) is 9.96. The van der Waals surface area contributed by atoms with Gasteiger partial charge in [-0.05, 0) is 23.1 Å². The van der Waals surface area contributed by atoms with Crippen molar-refractivity contribution in [3.05, 3.63) is 41.4 Å². The molecule has 17 heavy (non-hydrogen) atoms. The predicted molar refractivity (Wildman–Crippen MR) is 67.2 cm³/mol. The molecule has 2 aliphatic rings. The van der Waals surface area contributed by atoms with Crippen LogP contribution < -0.4 is 5.32 Å². The molecule has 1 atom stereocenters. The van der Waals surface area contributed by atoms with Gasteiger partial charge in [0.1, 0.15) is 5.25 Å². The van der Waals surface area contributed by atoms with Gasteiger partial charge >= 0.3 is 0 Å². The first-order chi connectivity index (χ1) is 8.24. The largest absolute Gasteiger partial charge is 0.328 e. The summed E-state index contributed by atoms with van der Waals surface area (Å²) in [7, 11) is 0. The minimum absolute atomic E-state index is 0.0335. The van der Waals surface area contributed by atoms with Crippen LogP contribution in [-0.4, -0.2) is 27.1 Å². The topological polar surface area (TPSA) is 54.9 Å². The first-order valence-electron chi connectivity index (χ1n) is 5.34. The summed E-state index contributed by atoms with van der Waals surface area (Å²) in [5.74, 6) is 0.812. The number of aromatic nitrogens is 2. The van der Waals surface area contributed by atoms with E-state index in [9.17, 15) is 4.79 Å². The normalized spacial score (nSPS) is 23.1. The molecule has 0 saturated carbocycles. The molecule has 1 aliphatic heterocycles. The summed E-state index contributed by atoms with van der Waals surface area (Å²) in [6.07, 6.45) is 6.35. The molecular formula is C12H11N3OS. The SMILES string of the molecule is C=C1CSC(C2=Cc3cnncc3C2)C(=O)N1. The van der Waals surface area contributed by atoms with Gasteiger partial charge in [-0.1, -0.05) is 12.7 Å². The number of amides is 1. The zero-order chi connectivity index (χ0) is 11.8. The van der Waals surface area contributed by atoms with Crippen molar-refractivity contribution in [2.45, 2.75) is 11.7 Å². The number of thioether (sulfide) groups is 1. The second-order valence-electron chi connectivity index (χ2n) is 4.15. The highest BCUT2D eigenvalue weighted by molar-refractivity contribution is 8.01. The van der Waals surface area contributed by atoms with Crippen LogP contribution in [0.3, 0.4) is 0 Å². The Hall–Kier alpha value is -1.62. The number of hydrogen-bond acceptors (Lipinski definition) is 4. The third-order valence-corrected chi connectivity index (χ3v) is 4.25. The molecule has 4 nitrogen and oxygen atoms in total. The number of rotatable bonds is 1. The summed E-state index contributed by atoms with van der Waals surface area (Å²) >= 11 is 1.63. The van der Waals surface area contributed by atoms with Crippen LogP contribution in [0.5, 0.6) is 0 Å². The molecule has 1 fully saturated rings.